The van der Waals surface area contributed by atoms with E-state index in [4.69, 9.17) is 4.74 Å². The van der Waals surface area contributed by atoms with Crippen LogP contribution in [0.2, 0.25) is 0 Å². The summed E-state index contributed by atoms with van der Waals surface area (Å²) in [4.78, 5) is 0. The smallest absolute Gasteiger partial charge is 0.0681 e. The van der Waals surface area contributed by atoms with Gasteiger partial charge in [-0.15, -0.1) is 0 Å². The molecule has 1 aromatic rings. The van der Waals surface area contributed by atoms with Crippen LogP contribution in [-0.2, 0) is 4.74 Å². The molecule has 2 atom stereocenters. The maximum absolute atomic E-state index is 6.31. The lowest BCUT2D eigenvalue weighted by Crippen LogP contribution is -2.38. The molecule has 1 saturated heterocycles. The Balaban J connectivity index is 2.30. The number of aryl methyl sites for hydroxylation is 1. The van der Waals surface area contributed by atoms with Gasteiger partial charge in [-0.05, 0) is 75.9 Å². The monoisotopic (exact) mass is 295 g/mol. The standard InChI is InChI=1S/C17H29NOS/c1-7-8-18-15(13-11-20-10-12(13)2)14-9-16(3,4)19-17(14,5)6/h10-11,14-15,18H,7-9H2,1-6H3. The first kappa shape index (κ1) is 16.0. The number of ether oxygens (including phenoxy) is 1. The summed E-state index contributed by atoms with van der Waals surface area (Å²) in [5.74, 6) is 0.511. The minimum absolute atomic E-state index is 0.0236. The minimum Gasteiger partial charge on any atom is -0.369 e. The topological polar surface area (TPSA) is 21.3 Å². The van der Waals surface area contributed by atoms with Crippen molar-refractivity contribution in [2.75, 3.05) is 6.54 Å². The zero-order chi connectivity index (χ0) is 15.0. The van der Waals surface area contributed by atoms with Gasteiger partial charge in [0.2, 0.25) is 0 Å². The van der Waals surface area contributed by atoms with Crippen LogP contribution in [0.4, 0.5) is 0 Å². The average molecular weight is 295 g/mol. The maximum atomic E-state index is 6.31. The molecule has 0 radical (unpaired) electrons. The molecule has 2 rings (SSSR count). The highest BCUT2D eigenvalue weighted by Crippen LogP contribution is 2.48. The summed E-state index contributed by atoms with van der Waals surface area (Å²) < 4.78 is 6.31. The normalized spacial score (nSPS) is 25.8. The van der Waals surface area contributed by atoms with Crippen molar-refractivity contribution in [1.29, 1.82) is 0 Å². The molecule has 2 nitrogen and oxygen atoms in total. The molecule has 0 aromatic carbocycles. The Hall–Kier alpha value is -0.380. The Morgan fingerprint density at radius 3 is 2.50 bits per heavy atom. The van der Waals surface area contributed by atoms with E-state index in [0.717, 1.165) is 19.4 Å². The number of hydrogen-bond donors (Lipinski definition) is 1. The van der Waals surface area contributed by atoms with Crippen LogP contribution < -0.4 is 5.32 Å². The van der Waals surface area contributed by atoms with Crippen LogP contribution >= 0.6 is 11.3 Å². The van der Waals surface area contributed by atoms with Gasteiger partial charge in [-0.2, -0.15) is 11.3 Å². The molecule has 2 unspecified atom stereocenters. The summed E-state index contributed by atoms with van der Waals surface area (Å²) in [5, 5.41) is 8.34. The third kappa shape index (κ3) is 3.26. The Labute approximate surface area is 127 Å². The lowest BCUT2D eigenvalue weighted by molar-refractivity contribution is -0.0778. The minimum atomic E-state index is -0.0801. The van der Waals surface area contributed by atoms with Gasteiger partial charge in [-0.3, -0.25) is 0 Å². The summed E-state index contributed by atoms with van der Waals surface area (Å²) in [5.41, 5.74) is 2.76. The van der Waals surface area contributed by atoms with Crippen molar-refractivity contribution in [3.8, 4) is 0 Å². The highest BCUT2D eigenvalue weighted by Gasteiger charge is 2.49. The summed E-state index contributed by atoms with van der Waals surface area (Å²) in [7, 11) is 0. The molecule has 0 bridgehead atoms. The van der Waals surface area contributed by atoms with Gasteiger partial charge in [0.05, 0.1) is 11.2 Å². The first-order chi connectivity index (χ1) is 9.27. The molecule has 1 aliphatic heterocycles. The van der Waals surface area contributed by atoms with E-state index in [2.05, 4.69) is 57.6 Å². The lowest BCUT2D eigenvalue weighted by atomic mass is 9.78. The zero-order valence-electron chi connectivity index (χ0n) is 13.7. The Morgan fingerprint density at radius 2 is 2.05 bits per heavy atom. The fourth-order valence-electron chi connectivity index (χ4n) is 3.58. The van der Waals surface area contributed by atoms with Crippen molar-refractivity contribution in [2.24, 2.45) is 5.92 Å². The molecular weight excluding hydrogens is 266 g/mol. The first-order valence-corrected chi connectivity index (χ1v) is 8.67. The van der Waals surface area contributed by atoms with E-state index < -0.39 is 0 Å². The van der Waals surface area contributed by atoms with Crippen LogP contribution in [0.15, 0.2) is 10.8 Å². The van der Waals surface area contributed by atoms with Gasteiger partial charge in [0.1, 0.15) is 0 Å². The van der Waals surface area contributed by atoms with Crippen LogP contribution in [0.25, 0.3) is 0 Å². The highest BCUT2D eigenvalue weighted by atomic mass is 32.1. The van der Waals surface area contributed by atoms with Crippen molar-refractivity contribution < 1.29 is 4.74 Å². The molecule has 1 N–H and O–H groups in total. The molecule has 20 heavy (non-hydrogen) atoms. The molecule has 1 aromatic heterocycles. The van der Waals surface area contributed by atoms with Crippen molar-refractivity contribution in [2.45, 2.75) is 71.6 Å². The second-order valence-corrected chi connectivity index (χ2v) is 7.96. The fraction of sp³-hybridized carbons (Fsp3) is 0.765. The molecular formula is C17H29NOS. The van der Waals surface area contributed by atoms with Crippen molar-refractivity contribution in [3.05, 3.63) is 21.9 Å². The van der Waals surface area contributed by atoms with Crippen LogP contribution in [-0.4, -0.2) is 17.7 Å². The molecule has 0 aliphatic carbocycles. The Morgan fingerprint density at radius 1 is 1.35 bits per heavy atom. The van der Waals surface area contributed by atoms with Gasteiger partial charge in [-0.25, -0.2) is 0 Å². The quantitative estimate of drug-likeness (QED) is 0.851. The van der Waals surface area contributed by atoms with Gasteiger partial charge >= 0.3 is 0 Å². The number of thiophene rings is 1. The van der Waals surface area contributed by atoms with Gasteiger partial charge in [0.15, 0.2) is 0 Å². The van der Waals surface area contributed by atoms with E-state index in [-0.39, 0.29) is 11.2 Å². The van der Waals surface area contributed by atoms with E-state index in [1.807, 2.05) is 0 Å². The molecule has 1 fully saturated rings. The fourth-order valence-corrected chi connectivity index (χ4v) is 4.47. The number of rotatable bonds is 5. The van der Waals surface area contributed by atoms with Crippen LogP contribution in [0, 0.1) is 12.8 Å². The van der Waals surface area contributed by atoms with E-state index in [1.165, 1.54) is 11.1 Å². The molecule has 2 heterocycles. The van der Waals surface area contributed by atoms with Crippen LogP contribution in [0.3, 0.4) is 0 Å². The van der Waals surface area contributed by atoms with E-state index in [9.17, 15) is 0 Å². The van der Waals surface area contributed by atoms with Gasteiger partial charge in [-0.1, -0.05) is 6.92 Å². The molecule has 114 valence electrons. The predicted octanol–water partition coefficient (Wildman–Crippen LogP) is 4.69. The summed E-state index contributed by atoms with van der Waals surface area (Å²) in [6, 6.07) is 0.401. The lowest BCUT2D eigenvalue weighted by Gasteiger charge is -2.34. The third-order valence-corrected chi connectivity index (χ3v) is 5.27. The van der Waals surface area contributed by atoms with Crippen molar-refractivity contribution in [3.63, 3.8) is 0 Å². The van der Waals surface area contributed by atoms with Crippen LogP contribution in [0.5, 0.6) is 0 Å². The van der Waals surface area contributed by atoms with Crippen molar-refractivity contribution >= 4 is 11.3 Å². The predicted molar refractivity (Wildman–Crippen MR) is 87.4 cm³/mol. The number of nitrogens with one attached hydrogen (secondary N) is 1. The van der Waals surface area contributed by atoms with Crippen LogP contribution in [0.1, 0.15) is 64.6 Å². The first-order valence-electron chi connectivity index (χ1n) is 7.73. The third-order valence-electron chi connectivity index (χ3n) is 4.39. The van der Waals surface area contributed by atoms with Gasteiger partial charge in [0.25, 0.3) is 0 Å². The molecule has 0 saturated carbocycles. The van der Waals surface area contributed by atoms with E-state index in [0.29, 0.717) is 12.0 Å². The Kier molecular flexibility index (Phi) is 4.63. The molecule has 0 amide bonds. The van der Waals surface area contributed by atoms with Gasteiger partial charge < -0.3 is 10.1 Å². The van der Waals surface area contributed by atoms with Gasteiger partial charge in [0, 0.05) is 12.0 Å². The Bertz CT molecular complexity index is 450. The second kappa shape index (κ2) is 5.78. The molecule has 3 heteroatoms. The van der Waals surface area contributed by atoms with E-state index in [1.54, 1.807) is 11.3 Å². The average Bonchev–Trinajstić information content (AvgIpc) is 2.81. The highest BCUT2D eigenvalue weighted by molar-refractivity contribution is 7.08. The van der Waals surface area contributed by atoms with E-state index >= 15 is 0 Å². The number of hydrogen-bond acceptors (Lipinski definition) is 3. The van der Waals surface area contributed by atoms with Crippen molar-refractivity contribution in [1.82, 2.24) is 5.32 Å². The summed E-state index contributed by atoms with van der Waals surface area (Å²) >= 11 is 1.81. The largest absolute Gasteiger partial charge is 0.369 e. The summed E-state index contributed by atoms with van der Waals surface area (Å²) in [6.07, 6.45) is 2.27. The molecule has 0 spiro atoms. The maximum Gasteiger partial charge on any atom is 0.0681 e. The SMILES string of the molecule is CCCNC(c1cscc1C)C1CC(C)(C)OC1(C)C. The summed E-state index contributed by atoms with van der Waals surface area (Å²) in [6.45, 7) is 14.4. The molecule has 1 aliphatic rings. The zero-order valence-corrected chi connectivity index (χ0v) is 14.6. The second-order valence-electron chi connectivity index (χ2n) is 7.22.